The fourth-order valence-corrected chi connectivity index (χ4v) is 2.95. The monoisotopic (exact) mass is 400 g/mol. The van der Waals surface area contributed by atoms with Crippen LogP contribution in [0.5, 0.6) is 0 Å². The first-order chi connectivity index (χ1) is 9.60. The van der Waals surface area contributed by atoms with Crippen LogP contribution in [0.15, 0.2) is 51.4 Å². The van der Waals surface area contributed by atoms with Crippen molar-refractivity contribution in [2.75, 3.05) is 6.61 Å². The first-order valence-corrected chi connectivity index (χ1v) is 7.97. The van der Waals surface area contributed by atoms with Crippen LogP contribution in [0.25, 0.3) is 0 Å². The maximum Gasteiger partial charge on any atom is 0.127 e. The average molecular weight is 402 g/mol. The van der Waals surface area contributed by atoms with Crippen molar-refractivity contribution in [1.29, 1.82) is 0 Å². The Kier molecular flexibility index (Phi) is 5.75. The van der Waals surface area contributed by atoms with E-state index < -0.39 is 0 Å². The number of rotatable bonds is 5. The molecule has 0 radical (unpaired) electrons. The van der Waals surface area contributed by atoms with Crippen molar-refractivity contribution in [2.24, 2.45) is 5.92 Å². The molecule has 0 bridgehead atoms. The number of hydrogen-bond donors (Lipinski definition) is 1. The van der Waals surface area contributed by atoms with Gasteiger partial charge in [0.2, 0.25) is 0 Å². The molecule has 2 rings (SSSR count). The molecule has 1 N–H and O–H groups in total. The van der Waals surface area contributed by atoms with E-state index in [0.29, 0.717) is 18.4 Å². The van der Waals surface area contributed by atoms with Crippen molar-refractivity contribution >= 4 is 31.9 Å². The molecule has 2 aromatic rings. The summed E-state index contributed by atoms with van der Waals surface area (Å²) in [4.78, 5) is 0. The van der Waals surface area contributed by atoms with Gasteiger partial charge in [-0.2, -0.15) is 0 Å². The fraction of sp³-hybridized carbons (Fsp3) is 0.250. The lowest BCUT2D eigenvalue weighted by atomic mass is 9.93. The van der Waals surface area contributed by atoms with E-state index in [1.165, 1.54) is 6.07 Å². The molecule has 0 heterocycles. The van der Waals surface area contributed by atoms with Crippen LogP contribution in [0, 0.1) is 11.7 Å². The molecule has 4 heteroatoms. The number of hydrogen-bond acceptors (Lipinski definition) is 1. The maximum absolute atomic E-state index is 13.8. The highest BCUT2D eigenvalue weighted by Gasteiger charge is 2.14. The summed E-state index contributed by atoms with van der Waals surface area (Å²) in [5.74, 6) is -0.227. The molecule has 20 heavy (non-hydrogen) atoms. The van der Waals surface area contributed by atoms with Crippen LogP contribution in [-0.2, 0) is 12.8 Å². The van der Waals surface area contributed by atoms with Crippen LogP contribution in [0.3, 0.4) is 0 Å². The topological polar surface area (TPSA) is 20.2 Å². The van der Waals surface area contributed by atoms with E-state index in [0.717, 1.165) is 14.5 Å². The van der Waals surface area contributed by atoms with Crippen LogP contribution in [0.2, 0.25) is 0 Å². The number of aliphatic hydroxyl groups excluding tert-OH is 1. The lowest BCUT2D eigenvalue weighted by Gasteiger charge is -2.16. The zero-order chi connectivity index (χ0) is 14.5. The van der Waals surface area contributed by atoms with Crippen LogP contribution in [-0.4, -0.2) is 11.7 Å². The summed E-state index contributed by atoms with van der Waals surface area (Å²) in [6.07, 6.45) is 1.24. The average Bonchev–Trinajstić information content (AvgIpc) is 2.43. The van der Waals surface area contributed by atoms with E-state index in [-0.39, 0.29) is 18.3 Å². The summed E-state index contributed by atoms with van der Waals surface area (Å²) in [5, 5.41) is 9.54. The lowest BCUT2D eigenvalue weighted by Crippen LogP contribution is -2.14. The van der Waals surface area contributed by atoms with Gasteiger partial charge in [-0.25, -0.2) is 4.39 Å². The molecule has 0 aliphatic heterocycles. The third kappa shape index (κ3) is 4.14. The quantitative estimate of drug-likeness (QED) is 0.766. The van der Waals surface area contributed by atoms with Crippen molar-refractivity contribution in [3.63, 3.8) is 0 Å². The minimum atomic E-state index is -0.232. The van der Waals surface area contributed by atoms with Gasteiger partial charge >= 0.3 is 0 Å². The minimum Gasteiger partial charge on any atom is -0.396 e. The third-order valence-corrected chi connectivity index (χ3v) is 4.52. The molecular weight excluding hydrogens is 387 g/mol. The highest BCUT2D eigenvalue weighted by Crippen LogP contribution is 2.23. The molecular formula is C16H15Br2FO. The summed E-state index contributed by atoms with van der Waals surface area (Å²) in [6.45, 7) is 0.0385. The van der Waals surface area contributed by atoms with Gasteiger partial charge < -0.3 is 5.11 Å². The van der Waals surface area contributed by atoms with E-state index >= 15 is 0 Å². The predicted octanol–water partition coefficient (Wildman–Crippen LogP) is 4.74. The molecule has 1 unspecified atom stereocenters. The normalized spacial score (nSPS) is 12.4. The Hall–Kier alpha value is -0.710. The molecule has 1 nitrogen and oxygen atoms in total. The number of halogens is 3. The molecule has 0 aliphatic rings. The zero-order valence-electron chi connectivity index (χ0n) is 10.8. The molecule has 0 saturated carbocycles. The summed E-state index contributed by atoms with van der Waals surface area (Å²) in [5.41, 5.74) is 1.77. The Labute approximate surface area is 135 Å². The van der Waals surface area contributed by atoms with Gasteiger partial charge in [0.15, 0.2) is 0 Å². The molecule has 0 aromatic heterocycles. The van der Waals surface area contributed by atoms with Gasteiger partial charge in [-0.15, -0.1) is 0 Å². The Morgan fingerprint density at radius 2 is 1.70 bits per heavy atom. The fourth-order valence-electron chi connectivity index (χ4n) is 2.17. The summed E-state index contributed by atoms with van der Waals surface area (Å²) in [6, 6.07) is 13.0. The molecule has 0 fully saturated rings. The molecule has 106 valence electrons. The SMILES string of the molecule is OCC(Cc1ccc(Br)cc1F)Cc1ccccc1Br. The molecule has 0 spiro atoms. The molecule has 1 atom stereocenters. The van der Waals surface area contributed by atoms with Crippen molar-refractivity contribution in [3.05, 3.63) is 68.4 Å². The molecule has 2 aromatic carbocycles. The summed E-state index contributed by atoms with van der Waals surface area (Å²) >= 11 is 6.75. The maximum atomic E-state index is 13.8. The van der Waals surface area contributed by atoms with Gasteiger partial charge in [-0.05, 0) is 48.1 Å². The van der Waals surface area contributed by atoms with Gasteiger partial charge in [0.25, 0.3) is 0 Å². The summed E-state index contributed by atoms with van der Waals surface area (Å²) in [7, 11) is 0. The van der Waals surface area contributed by atoms with Crippen molar-refractivity contribution in [3.8, 4) is 0 Å². The van der Waals surface area contributed by atoms with E-state index in [9.17, 15) is 9.50 Å². The third-order valence-electron chi connectivity index (χ3n) is 3.25. The van der Waals surface area contributed by atoms with Gasteiger partial charge in [0.1, 0.15) is 5.82 Å². The van der Waals surface area contributed by atoms with Crippen LogP contribution < -0.4 is 0 Å². The van der Waals surface area contributed by atoms with E-state index in [1.54, 1.807) is 6.07 Å². The van der Waals surface area contributed by atoms with Gasteiger partial charge in [-0.1, -0.05) is 56.1 Å². The zero-order valence-corrected chi connectivity index (χ0v) is 14.0. The number of benzene rings is 2. The van der Waals surface area contributed by atoms with E-state index in [2.05, 4.69) is 31.9 Å². The Morgan fingerprint density at radius 3 is 2.35 bits per heavy atom. The van der Waals surface area contributed by atoms with Gasteiger partial charge in [-0.3, -0.25) is 0 Å². The molecule has 0 aliphatic carbocycles. The van der Waals surface area contributed by atoms with Gasteiger partial charge in [0.05, 0.1) is 0 Å². The van der Waals surface area contributed by atoms with E-state index in [4.69, 9.17) is 0 Å². The van der Waals surface area contributed by atoms with Crippen molar-refractivity contribution in [2.45, 2.75) is 12.8 Å². The lowest BCUT2D eigenvalue weighted by molar-refractivity contribution is 0.224. The molecule has 0 saturated heterocycles. The van der Waals surface area contributed by atoms with Crippen molar-refractivity contribution < 1.29 is 9.50 Å². The van der Waals surface area contributed by atoms with E-state index in [1.807, 2.05) is 30.3 Å². The van der Waals surface area contributed by atoms with Crippen LogP contribution in [0.4, 0.5) is 4.39 Å². The van der Waals surface area contributed by atoms with Crippen molar-refractivity contribution in [1.82, 2.24) is 0 Å². The Bertz CT molecular complexity index is 586. The standard InChI is InChI=1S/C16H15Br2FO/c17-14-6-5-13(16(19)9-14)8-11(10-20)7-12-3-1-2-4-15(12)18/h1-6,9,11,20H,7-8,10H2. The highest BCUT2D eigenvalue weighted by atomic mass is 79.9. The summed E-state index contributed by atoms with van der Waals surface area (Å²) < 4.78 is 15.6. The second kappa shape index (κ2) is 7.34. The Balaban J connectivity index is 2.11. The van der Waals surface area contributed by atoms with Gasteiger partial charge in [0, 0.05) is 15.6 Å². The molecule has 0 amide bonds. The first-order valence-electron chi connectivity index (χ1n) is 6.38. The van der Waals surface area contributed by atoms with Crippen LogP contribution >= 0.6 is 31.9 Å². The second-order valence-electron chi connectivity index (χ2n) is 4.78. The second-order valence-corrected chi connectivity index (χ2v) is 6.55. The predicted molar refractivity (Wildman–Crippen MR) is 86.2 cm³/mol. The minimum absolute atomic E-state index is 0.00405. The van der Waals surface area contributed by atoms with Crippen LogP contribution in [0.1, 0.15) is 11.1 Å². The largest absolute Gasteiger partial charge is 0.396 e. The number of aliphatic hydroxyl groups is 1. The Morgan fingerprint density at radius 1 is 1.00 bits per heavy atom. The smallest absolute Gasteiger partial charge is 0.127 e. The first kappa shape index (κ1) is 15.7. The highest BCUT2D eigenvalue weighted by molar-refractivity contribution is 9.10.